The van der Waals surface area contributed by atoms with Gasteiger partial charge in [0.2, 0.25) is 5.91 Å². The number of rotatable bonds is 11. The Labute approximate surface area is 223 Å². The lowest BCUT2D eigenvalue weighted by molar-refractivity contribution is -0.130. The second kappa shape index (κ2) is 12.2. The molecule has 1 heterocycles. The monoisotopic (exact) mass is 546 g/mol. The van der Waals surface area contributed by atoms with E-state index >= 15 is 0 Å². The van der Waals surface area contributed by atoms with E-state index in [1.54, 1.807) is 35.4 Å². The Morgan fingerprint density at radius 3 is 2.32 bits per heavy atom. The summed E-state index contributed by atoms with van der Waals surface area (Å²) in [5, 5.41) is 0.190. The van der Waals surface area contributed by atoms with Crippen molar-refractivity contribution < 1.29 is 22.7 Å². The van der Waals surface area contributed by atoms with Crippen molar-refractivity contribution in [1.82, 2.24) is 9.88 Å². The molecule has 1 amide bonds. The third kappa shape index (κ3) is 6.44. The van der Waals surface area contributed by atoms with Crippen LogP contribution in [0.25, 0.3) is 0 Å². The van der Waals surface area contributed by atoms with Crippen LogP contribution in [0, 0.1) is 0 Å². The molecule has 0 N–H and O–H groups in total. The molecule has 9 nitrogen and oxygen atoms in total. The minimum Gasteiger partial charge on any atom is -0.493 e. The molecule has 37 heavy (non-hydrogen) atoms. The van der Waals surface area contributed by atoms with Crippen molar-refractivity contribution in [2.75, 3.05) is 50.6 Å². The van der Waals surface area contributed by atoms with Crippen molar-refractivity contribution in [3.05, 3.63) is 71.5 Å². The van der Waals surface area contributed by atoms with Gasteiger partial charge >= 0.3 is 0 Å². The summed E-state index contributed by atoms with van der Waals surface area (Å²) in [6.07, 6.45) is 1.65. The van der Waals surface area contributed by atoms with Gasteiger partial charge in [-0.3, -0.25) is 14.1 Å². The molecule has 0 saturated carbocycles. The Kier molecular flexibility index (Phi) is 9.23. The van der Waals surface area contributed by atoms with Gasteiger partial charge in [-0.1, -0.05) is 17.7 Å². The number of halogens is 1. The van der Waals surface area contributed by atoms with Crippen LogP contribution in [0.4, 0.5) is 11.4 Å². The highest BCUT2D eigenvalue weighted by Gasteiger charge is 2.31. The predicted molar refractivity (Wildman–Crippen MR) is 145 cm³/mol. The van der Waals surface area contributed by atoms with E-state index in [1.165, 1.54) is 32.4 Å². The molecule has 0 radical (unpaired) electrons. The SMILES string of the molecule is CCN(Cc1ccccn1)C(=O)CN(c1cc(N(C)C)ccc1Cl)S(=O)(=O)c1ccc(OC)c(OC)c1. The van der Waals surface area contributed by atoms with E-state index < -0.39 is 22.5 Å². The third-order valence-electron chi connectivity index (χ3n) is 5.75. The lowest BCUT2D eigenvalue weighted by atomic mass is 10.2. The van der Waals surface area contributed by atoms with Gasteiger partial charge in [-0.05, 0) is 49.4 Å². The Hall–Kier alpha value is -3.50. The molecule has 0 aliphatic carbocycles. The minimum atomic E-state index is -4.25. The number of methoxy groups -OCH3 is 2. The van der Waals surface area contributed by atoms with E-state index in [2.05, 4.69) is 4.98 Å². The summed E-state index contributed by atoms with van der Waals surface area (Å²) in [7, 11) is 2.29. The number of sulfonamides is 1. The molecule has 0 unspecified atom stereocenters. The Morgan fingerprint density at radius 2 is 1.73 bits per heavy atom. The second-order valence-electron chi connectivity index (χ2n) is 8.29. The fraction of sp³-hybridized carbons (Fsp3) is 0.308. The number of aromatic nitrogens is 1. The molecular formula is C26H31ClN4O5S. The van der Waals surface area contributed by atoms with Gasteiger partial charge in [0.1, 0.15) is 6.54 Å². The van der Waals surface area contributed by atoms with Crippen LogP contribution in [0.2, 0.25) is 5.02 Å². The number of carbonyl (C=O) groups excluding carboxylic acids is 1. The first kappa shape index (κ1) is 28.1. The van der Waals surface area contributed by atoms with E-state index in [4.69, 9.17) is 21.1 Å². The maximum atomic E-state index is 14.0. The highest BCUT2D eigenvalue weighted by atomic mass is 35.5. The average molecular weight is 547 g/mol. The van der Waals surface area contributed by atoms with Crippen molar-refractivity contribution in [3.63, 3.8) is 0 Å². The first-order chi connectivity index (χ1) is 17.6. The van der Waals surface area contributed by atoms with Crippen molar-refractivity contribution in [2.45, 2.75) is 18.4 Å². The predicted octanol–water partition coefficient (Wildman–Crippen LogP) is 4.06. The zero-order valence-electron chi connectivity index (χ0n) is 21.5. The average Bonchev–Trinajstić information content (AvgIpc) is 2.90. The summed E-state index contributed by atoms with van der Waals surface area (Å²) in [6.45, 7) is 1.97. The molecule has 2 aromatic carbocycles. The number of nitrogens with zero attached hydrogens (tertiary/aromatic N) is 4. The molecule has 0 fully saturated rings. The van der Waals surface area contributed by atoms with Gasteiger partial charge in [0, 0.05) is 38.6 Å². The van der Waals surface area contributed by atoms with E-state index in [0.717, 1.165) is 9.99 Å². The van der Waals surface area contributed by atoms with Gasteiger partial charge in [0.15, 0.2) is 11.5 Å². The molecule has 0 spiro atoms. The van der Waals surface area contributed by atoms with Crippen LogP contribution in [0.1, 0.15) is 12.6 Å². The van der Waals surface area contributed by atoms with Crippen LogP contribution < -0.4 is 18.7 Å². The molecule has 1 aromatic heterocycles. The van der Waals surface area contributed by atoms with Crippen LogP contribution >= 0.6 is 11.6 Å². The molecule has 11 heteroatoms. The fourth-order valence-electron chi connectivity index (χ4n) is 3.66. The number of hydrogen-bond acceptors (Lipinski definition) is 7. The zero-order valence-corrected chi connectivity index (χ0v) is 23.1. The molecule has 0 aliphatic rings. The zero-order chi connectivity index (χ0) is 27.2. The quantitative estimate of drug-likeness (QED) is 0.358. The summed E-state index contributed by atoms with van der Waals surface area (Å²) >= 11 is 6.52. The van der Waals surface area contributed by atoms with Crippen molar-refractivity contribution in [3.8, 4) is 11.5 Å². The smallest absolute Gasteiger partial charge is 0.264 e. The van der Waals surface area contributed by atoms with E-state index in [0.29, 0.717) is 18.0 Å². The summed E-state index contributed by atoms with van der Waals surface area (Å²) in [5.74, 6) is 0.223. The van der Waals surface area contributed by atoms with Gasteiger partial charge in [0.25, 0.3) is 10.0 Å². The highest BCUT2D eigenvalue weighted by molar-refractivity contribution is 7.92. The summed E-state index contributed by atoms with van der Waals surface area (Å²) in [4.78, 5) is 21.1. The first-order valence-electron chi connectivity index (χ1n) is 11.5. The number of benzene rings is 2. The van der Waals surface area contributed by atoms with Gasteiger partial charge in [-0.2, -0.15) is 0 Å². The van der Waals surface area contributed by atoms with E-state index in [-0.39, 0.29) is 27.9 Å². The van der Waals surface area contributed by atoms with E-state index in [9.17, 15) is 13.2 Å². The summed E-state index contributed by atoms with van der Waals surface area (Å²) < 4.78 is 39.6. The van der Waals surface area contributed by atoms with Gasteiger partial charge in [0.05, 0.1) is 42.1 Å². The van der Waals surface area contributed by atoms with Gasteiger partial charge < -0.3 is 19.3 Å². The van der Waals surface area contributed by atoms with Crippen LogP contribution in [0.15, 0.2) is 65.7 Å². The number of amides is 1. The van der Waals surface area contributed by atoms with Gasteiger partial charge in [-0.25, -0.2) is 8.42 Å². The Bertz CT molecular complexity index is 1340. The molecule has 0 bridgehead atoms. The Morgan fingerprint density at radius 1 is 1.00 bits per heavy atom. The highest BCUT2D eigenvalue weighted by Crippen LogP contribution is 2.36. The van der Waals surface area contributed by atoms with Gasteiger partial charge in [-0.15, -0.1) is 0 Å². The first-order valence-corrected chi connectivity index (χ1v) is 13.3. The maximum Gasteiger partial charge on any atom is 0.264 e. The second-order valence-corrected chi connectivity index (χ2v) is 10.6. The number of pyridine rings is 1. The number of carbonyl (C=O) groups is 1. The largest absolute Gasteiger partial charge is 0.493 e. The van der Waals surface area contributed by atoms with Crippen LogP contribution in [0.3, 0.4) is 0 Å². The van der Waals surface area contributed by atoms with Crippen molar-refractivity contribution >= 4 is 38.9 Å². The topological polar surface area (TPSA) is 92.3 Å². The maximum absolute atomic E-state index is 14.0. The Balaban J connectivity index is 2.09. The van der Waals surface area contributed by atoms with Crippen LogP contribution in [-0.4, -0.2) is 65.6 Å². The third-order valence-corrected chi connectivity index (χ3v) is 7.83. The summed E-state index contributed by atoms with van der Waals surface area (Å²) in [5.41, 5.74) is 1.60. The summed E-state index contributed by atoms with van der Waals surface area (Å²) in [6, 6.07) is 14.7. The van der Waals surface area contributed by atoms with Crippen LogP contribution in [0.5, 0.6) is 11.5 Å². The lowest BCUT2D eigenvalue weighted by Gasteiger charge is -2.29. The van der Waals surface area contributed by atoms with Crippen molar-refractivity contribution in [1.29, 1.82) is 0 Å². The molecule has 3 aromatic rings. The molecular weight excluding hydrogens is 516 g/mol. The molecule has 0 saturated heterocycles. The number of anilines is 2. The standard InChI is InChI=1S/C26H31ClN4O5S/c1-6-30(17-19-9-7-8-14-28-19)26(32)18-31(23-15-20(29(2)3)10-12-22(23)27)37(33,34)21-11-13-24(35-4)25(16-21)36-5/h7-16H,6,17-18H2,1-5H3. The normalized spacial score (nSPS) is 11.1. The molecule has 3 rings (SSSR count). The molecule has 0 atom stereocenters. The number of likely N-dealkylation sites (N-methyl/N-ethyl adjacent to an activating group) is 1. The van der Waals surface area contributed by atoms with Crippen LogP contribution in [-0.2, 0) is 21.4 Å². The molecule has 198 valence electrons. The minimum absolute atomic E-state index is 0.0722. The number of hydrogen-bond donors (Lipinski definition) is 0. The van der Waals surface area contributed by atoms with Crippen molar-refractivity contribution in [2.24, 2.45) is 0 Å². The lowest BCUT2D eigenvalue weighted by Crippen LogP contribution is -2.43. The van der Waals surface area contributed by atoms with E-state index in [1.807, 2.05) is 38.1 Å². The molecule has 0 aliphatic heterocycles. The number of ether oxygens (including phenoxy) is 2. The fourth-order valence-corrected chi connectivity index (χ4v) is 5.37.